The van der Waals surface area contributed by atoms with Gasteiger partial charge in [0.25, 0.3) is 11.4 Å². The molecule has 0 aliphatic rings. The molecule has 0 radical (unpaired) electrons. The Hall–Kier alpha value is -4.20. The summed E-state index contributed by atoms with van der Waals surface area (Å²) in [5.41, 5.74) is 0.456. The van der Waals surface area contributed by atoms with Crippen LogP contribution in [0.2, 0.25) is 0 Å². The third-order valence-electron chi connectivity index (χ3n) is 4.05. The quantitative estimate of drug-likeness (QED) is 0.365. The molecule has 0 heterocycles. The summed E-state index contributed by atoms with van der Waals surface area (Å²) >= 11 is 0. The second-order valence-corrected chi connectivity index (χ2v) is 5.85. The van der Waals surface area contributed by atoms with Gasteiger partial charge in [-0.3, -0.25) is 29.8 Å². The van der Waals surface area contributed by atoms with E-state index in [0.717, 1.165) is 0 Å². The third-order valence-corrected chi connectivity index (χ3v) is 4.05. The molecule has 3 rings (SSSR count). The number of non-ortho nitro benzene ring substituents is 2. The Balaban J connectivity index is 1.85. The van der Waals surface area contributed by atoms with Crippen molar-refractivity contribution in [2.45, 2.75) is 0 Å². The highest BCUT2D eigenvalue weighted by Gasteiger charge is 2.16. The van der Waals surface area contributed by atoms with Gasteiger partial charge in [0.1, 0.15) is 0 Å². The molecule has 8 heteroatoms. The Labute approximate surface area is 158 Å². The van der Waals surface area contributed by atoms with Crippen LogP contribution in [0.15, 0.2) is 72.8 Å². The molecule has 0 aliphatic heterocycles. The molecular formula is C20H12N2O6. The van der Waals surface area contributed by atoms with Gasteiger partial charge in [-0.2, -0.15) is 0 Å². The topological polar surface area (TPSA) is 120 Å². The molecule has 0 atom stereocenters. The number of nitro groups is 2. The summed E-state index contributed by atoms with van der Waals surface area (Å²) in [4.78, 5) is 45.5. The Morgan fingerprint density at radius 1 is 0.571 bits per heavy atom. The van der Waals surface area contributed by atoms with E-state index in [-0.39, 0.29) is 33.6 Å². The largest absolute Gasteiger partial charge is 0.289 e. The molecule has 0 aromatic heterocycles. The molecule has 28 heavy (non-hydrogen) atoms. The minimum Gasteiger partial charge on any atom is -0.289 e. The molecule has 0 spiro atoms. The summed E-state index contributed by atoms with van der Waals surface area (Å²) < 4.78 is 0. The van der Waals surface area contributed by atoms with Crippen molar-refractivity contribution in [3.8, 4) is 0 Å². The van der Waals surface area contributed by atoms with E-state index in [0.29, 0.717) is 0 Å². The molecule has 0 N–H and O–H groups in total. The maximum absolute atomic E-state index is 12.5. The summed E-state index contributed by atoms with van der Waals surface area (Å²) in [6, 6.07) is 16.5. The fourth-order valence-electron chi connectivity index (χ4n) is 2.63. The number of carbonyl (C=O) groups excluding carboxylic acids is 2. The van der Waals surface area contributed by atoms with Crippen LogP contribution in [-0.2, 0) is 0 Å². The summed E-state index contributed by atoms with van der Waals surface area (Å²) in [7, 11) is 0. The summed E-state index contributed by atoms with van der Waals surface area (Å²) in [5.74, 6) is -0.837. The highest BCUT2D eigenvalue weighted by molar-refractivity contribution is 6.12. The monoisotopic (exact) mass is 376 g/mol. The van der Waals surface area contributed by atoms with Crippen molar-refractivity contribution in [1.29, 1.82) is 0 Å². The number of nitrogens with zero attached hydrogens (tertiary/aromatic N) is 2. The number of ketones is 2. The second kappa shape index (κ2) is 7.58. The lowest BCUT2D eigenvalue weighted by Crippen LogP contribution is -2.05. The van der Waals surface area contributed by atoms with Gasteiger partial charge < -0.3 is 0 Å². The second-order valence-electron chi connectivity index (χ2n) is 5.85. The predicted octanol–water partition coefficient (Wildman–Crippen LogP) is 3.97. The van der Waals surface area contributed by atoms with Crippen molar-refractivity contribution in [1.82, 2.24) is 0 Å². The van der Waals surface area contributed by atoms with E-state index in [4.69, 9.17) is 0 Å². The van der Waals surface area contributed by atoms with Crippen molar-refractivity contribution in [3.05, 3.63) is 115 Å². The van der Waals surface area contributed by atoms with E-state index < -0.39 is 21.4 Å². The lowest BCUT2D eigenvalue weighted by atomic mass is 9.98. The molecule has 0 bridgehead atoms. The van der Waals surface area contributed by atoms with Crippen LogP contribution in [0.25, 0.3) is 0 Å². The van der Waals surface area contributed by atoms with Gasteiger partial charge in [-0.1, -0.05) is 48.5 Å². The standard InChI is InChI=1S/C20H12N2O6/c23-19(15-3-1-5-17(11-15)21(25)26)13-7-9-14(10-8-13)20(24)16-4-2-6-18(12-16)22(27)28/h1-12H. The van der Waals surface area contributed by atoms with Crippen LogP contribution in [0, 0.1) is 20.2 Å². The van der Waals surface area contributed by atoms with E-state index in [9.17, 15) is 29.8 Å². The molecule has 3 aromatic rings. The number of carbonyl (C=O) groups is 2. The minimum absolute atomic E-state index is 0.159. The molecule has 138 valence electrons. The normalized spacial score (nSPS) is 10.3. The lowest BCUT2D eigenvalue weighted by Gasteiger charge is -2.04. The Morgan fingerprint density at radius 3 is 1.25 bits per heavy atom. The van der Waals surface area contributed by atoms with Crippen molar-refractivity contribution in [2.75, 3.05) is 0 Å². The highest BCUT2D eigenvalue weighted by Crippen LogP contribution is 2.19. The number of benzene rings is 3. The van der Waals surface area contributed by atoms with Crippen LogP contribution < -0.4 is 0 Å². The van der Waals surface area contributed by atoms with Crippen molar-refractivity contribution >= 4 is 22.9 Å². The zero-order valence-electron chi connectivity index (χ0n) is 14.3. The van der Waals surface area contributed by atoms with E-state index in [1.165, 1.54) is 72.8 Å². The molecule has 0 fully saturated rings. The molecule has 0 saturated heterocycles. The first-order valence-corrected chi connectivity index (χ1v) is 8.05. The van der Waals surface area contributed by atoms with Gasteiger partial charge in [0.15, 0.2) is 11.6 Å². The van der Waals surface area contributed by atoms with E-state index in [1.54, 1.807) is 0 Å². The number of hydrogen-bond acceptors (Lipinski definition) is 6. The average molecular weight is 376 g/mol. The zero-order valence-corrected chi connectivity index (χ0v) is 14.3. The van der Waals surface area contributed by atoms with Crippen LogP contribution in [0.4, 0.5) is 11.4 Å². The number of rotatable bonds is 6. The zero-order chi connectivity index (χ0) is 20.3. The Kier molecular flexibility index (Phi) is 5.03. The van der Waals surface area contributed by atoms with Crippen LogP contribution in [0.5, 0.6) is 0 Å². The molecule has 0 unspecified atom stereocenters. The molecule has 0 amide bonds. The van der Waals surface area contributed by atoms with Crippen molar-refractivity contribution in [2.24, 2.45) is 0 Å². The molecule has 0 saturated carbocycles. The van der Waals surface area contributed by atoms with E-state index in [1.807, 2.05) is 0 Å². The fourth-order valence-corrected chi connectivity index (χ4v) is 2.63. The predicted molar refractivity (Wildman–Crippen MR) is 99.5 cm³/mol. The Bertz CT molecular complexity index is 1020. The van der Waals surface area contributed by atoms with Gasteiger partial charge >= 0.3 is 0 Å². The van der Waals surface area contributed by atoms with Crippen LogP contribution in [0.3, 0.4) is 0 Å². The van der Waals surface area contributed by atoms with Gasteiger partial charge in [0.2, 0.25) is 0 Å². The van der Waals surface area contributed by atoms with Gasteiger partial charge in [-0.25, -0.2) is 0 Å². The van der Waals surface area contributed by atoms with E-state index >= 15 is 0 Å². The number of nitro benzene ring substituents is 2. The van der Waals surface area contributed by atoms with Gasteiger partial charge in [-0.15, -0.1) is 0 Å². The van der Waals surface area contributed by atoms with E-state index in [2.05, 4.69) is 0 Å². The number of hydrogen-bond donors (Lipinski definition) is 0. The highest BCUT2D eigenvalue weighted by atomic mass is 16.6. The maximum Gasteiger partial charge on any atom is 0.270 e. The summed E-state index contributed by atoms with van der Waals surface area (Å²) in [6.07, 6.45) is 0. The fraction of sp³-hybridized carbons (Fsp3) is 0. The van der Waals surface area contributed by atoms with Gasteiger partial charge in [0, 0.05) is 46.5 Å². The molecular weight excluding hydrogens is 364 g/mol. The minimum atomic E-state index is -0.586. The van der Waals surface area contributed by atoms with Crippen LogP contribution >= 0.6 is 0 Å². The first kappa shape index (κ1) is 18.6. The summed E-state index contributed by atoms with van der Waals surface area (Å²) in [5, 5.41) is 21.7. The smallest absolute Gasteiger partial charge is 0.270 e. The van der Waals surface area contributed by atoms with Crippen molar-refractivity contribution < 1.29 is 19.4 Å². The van der Waals surface area contributed by atoms with Crippen LogP contribution in [0.1, 0.15) is 31.8 Å². The third kappa shape index (κ3) is 3.80. The Morgan fingerprint density at radius 2 is 0.929 bits per heavy atom. The molecule has 0 aliphatic carbocycles. The SMILES string of the molecule is O=C(c1ccc(C(=O)c2cccc([N+](=O)[O-])c2)cc1)c1cccc([N+](=O)[O-])c1. The molecule has 8 nitrogen and oxygen atoms in total. The first-order valence-electron chi connectivity index (χ1n) is 8.05. The molecule has 3 aromatic carbocycles. The summed E-state index contributed by atoms with van der Waals surface area (Å²) in [6.45, 7) is 0. The van der Waals surface area contributed by atoms with Gasteiger partial charge in [-0.05, 0) is 0 Å². The lowest BCUT2D eigenvalue weighted by molar-refractivity contribution is -0.385. The first-order chi connectivity index (χ1) is 13.4. The van der Waals surface area contributed by atoms with Gasteiger partial charge in [0.05, 0.1) is 9.85 Å². The maximum atomic E-state index is 12.5. The van der Waals surface area contributed by atoms with Crippen LogP contribution in [-0.4, -0.2) is 21.4 Å². The average Bonchev–Trinajstić information content (AvgIpc) is 2.73. The van der Waals surface area contributed by atoms with Crippen molar-refractivity contribution in [3.63, 3.8) is 0 Å².